The minimum atomic E-state index is -0.0772. The molecule has 0 saturated heterocycles. The van der Waals surface area contributed by atoms with Gasteiger partial charge in [-0.05, 0) is 25.7 Å². The van der Waals surface area contributed by atoms with E-state index in [2.05, 4.69) is 29.5 Å². The summed E-state index contributed by atoms with van der Waals surface area (Å²) in [5.41, 5.74) is 0. The van der Waals surface area contributed by atoms with Gasteiger partial charge in [0.05, 0.1) is 6.61 Å². The van der Waals surface area contributed by atoms with E-state index in [-0.39, 0.29) is 5.97 Å². The van der Waals surface area contributed by atoms with E-state index in [9.17, 15) is 4.79 Å². The summed E-state index contributed by atoms with van der Waals surface area (Å²) >= 11 is 0. The molecule has 0 aromatic carbocycles. The Kier molecular flexibility index (Phi) is 13.8. The summed E-state index contributed by atoms with van der Waals surface area (Å²) in [6.07, 6.45) is 7.13. The Hall–Kier alpha value is -1.26. The Bertz CT molecular complexity index is 302. The molecule has 0 radical (unpaired) electrons. The van der Waals surface area contributed by atoms with Crippen molar-refractivity contribution in [3.63, 3.8) is 0 Å². The van der Waals surface area contributed by atoms with Gasteiger partial charge in [-0.3, -0.25) is 9.79 Å². The highest BCUT2D eigenvalue weighted by Crippen LogP contribution is 2.05. The first kappa shape index (κ1) is 20.7. The number of carbonyl (C=O) groups excluding carboxylic acids is 1. The van der Waals surface area contributed by atoms with Crippen molar-refractivity contribution < 1.29 is 9.53 Å². The molecule has 0 unspecified atom stereocenters. The van der Waals surface area contributed by atoms with Crippen molar-refractivity contribution >= 4 is 11.9 Å². The van der Waals surface area contributed by atoms with Crippen molar-refractivity contribution in [3.05, 3.63) is 0 Å². The zero-order chi connectivity index (χ0) is 16.6. The van der Waals surface area contributed by atoms with Crippen LogP contribution in [0, 0.1) is 5.92 Å². The van der Waals surface area contributed by atoms with Crippen molar-refractivity contribution in [2.75, 3.05) is 26.7 Å². The number of ether oxygens (including phenoxy) is 1. The fourth-order valence-electron chi connectivity index (χ4n) is 2.23. The smallest absolute Gasteiger partial charge is 0.305 e. The number of nitrogens with zero attached hydrogens (tertiary/aromatic N) is 1. The molecule has 0 aromatic heterocycles. The molecule has 0 aliphatic carbocycles. The van der Waals surface area contributed by atoms with Crippen LogP contribution in [0.1, 0.15) is 65.7 Å². The maximum atomic E-state index is 11.2. The molecule has 5 nitrogen and oxygen atoms in total. The Morgan fingerprint density at radius 2 is 1.73 bits per heavy atom. The average molecular weight is 313 g/mol. The van der Waals surface area contributed by atoms with Gasteiger partial charge < -0.3 is 15.4 Å². The van der Waals surface area contributed by atoms with Crippen molar-refractivity contribution in [2.24, 2.45) is 10.9 Å². The van der Waals surface area contributed by atoms with Gasteiger partial charge in [0.2, 0.25) is 0 Å². The lowest BCUT2D eigenvalue weighted by Gasteiger charge is -2.16. The third kappa shape index (κ3) is 11.4. The van der Waals surface area contributed by atoms with Gasteiger partial charge >= 0.3 is 5.97 Å². The van der Waals surface area contributed by atoms with E-state index in [1.54, 1.807) is 0 Å². The molecule has 0 amide bonds. The van der Waals surface area contributed by atoms with Crippen LogP contribution in [0.25, 0.3) is 0 Å². The Balaban J connectivity index is 3.57. The second kappa shape index (κ2) is 14.7. The monoisotopic (exact) mass is 313 g/mol. The van der Waals surface area contributed by atoms with E-state index in [1.807, 2.05) is 14.0 Å². The molecule has 0 atom stereocenters. The van der Waals surface area contributed by atoms with Gasteiger partial charge in [0.1, 0.15) is 0 Å². The molecule has 0 aliphatic heterocycles. The SMILES string of the molecule is CCOC(=O)CCCCCCNC(=NC)NCC(CC)CC. The first-order valence-electron chi connectivity index (χ1n) is 8.77. The minimum Gasteiger partial charge on any atom is -0.466 e. The molecule has 0 saturated carbocycles. The molecule has 22 heavy (non-hydrogen) atoms. The normalized spacial score (nSPS) is 11.6. The molecule has 5 heteroatoms. The Morgan fingerprint density at radius 3 is 2.32 bits per heavy atom. The molecular weight excluding hydrogens is 278 g/mol. The molecule has 130 valence electrons. The second-order valence-electron chi connectivity index (χ2n) is 5.53. The van der Waals surface area contributed by atoms with E-state index in [0.29, 0.717) is 18.9 Å². The zero-order valence-corrected chi connectivity index (χ0v) is 14.9. The quantitative estimate of drug-likeness (QED) is 0.251. The maximum absolute atomic E-state index is 11.2. The van der Waals surface area contributed by atoms with Crippen LogP contribution in [0.3, 0.4) is 0 Å². The van der Waals surface area contributed by atoms with Gasteiger partial charge in [0.25, 0.3) is 0 Å². The highest BCUT2D eigenvalue weighted by molar-refractivity contribution is 5.79. The van der Waals surface area contributed by atoms with Gasteiger partial charge in [-0.2, -0.15) is 0 Å². The van der Waals surface area contributed by atoms with Crippen LogP contribution in [0.15, 0.2) is 4.99 Å². The molecule has 0 fully saturated rings. The summed E-state index contributed by atoms with van der Waals surface area (Å²) in [6.45, 7) is 8.67. The van der Waals surface area contributed by atoms with Crippen LogP contribution in [0.2, 0.25) is 0 Å². The van der Waals surface area contributed by atoms with Crippen molar-refractivity contribution in [3.8, 4) is 0 Å². The summed E-state index contributed by atoms with van der Waals surface area (Å²) in [7, 11) is 1.81. The first-order chi connectivity index (χ1) is 10.7. The van der Waals surface area contributed by atoms with E-state index in [0.717, 1.165) is 44.7 Å². The van der Waals surface area contributed by atoms with Crippen LogP contribution < -0.4 is 10.6 Å². The molecule has 0 aliphatic rings. The second-order valence-corrected chi connectivity index (χ2v) is 5.53. The predicted molar refractivity (Wildman–Crippen MR) is 93.2 cm³/mol. The average Bonchev–Trinajstić information content (AvgIpc) is 2.53. The largest absolute Gasteiger partial charge is 0.466 e. The minimum absolute atomic E-state index is 0.0772. The number of nitrogens with one attached hydrogen (secondary N) is 2. The molecule has 0 bridgehead atoms. The summed E-state index contributed by atoms with van der Waals surface area (Å²) in [6, 6.07) is 0. The molecular formula is C17H35N3O2. The Morgan fingerprint density at radius 1 is 1.05 bits per heavy atom. The lowest BCUT2D eigenvalue weighted by molar-refractivity contribution is -0.143. The molecule has 0 rings (SSSR count). The van der Waals surface area contributed by atoms with Crippen molar-refractivity contribution in [1.29, 1.82) is 0 Å². The van der Waals surface area contributed by atoms with Crippen molar-refractivity contribution in [2.45, 2.75) is 65.7 Å². The molecule has 0 heterocycles. The van der Waals surface area contributed by atoms with Crippen LogP contribution in [0.4, 0.5) is 0 Å². The summed E-state index contributed by atoms with van der Waals surface area (Å²) in [4.78, 5) is 15.4. The molecule has 2 N–H and O–H groups in total. The molecule has 0 aromatic rings. The number of hydrogen-bond acceptors (Lipinski definition) is 3. The zero-order valence-electron chi connectivity index (χ0n) is 14.9. The molecule has 0 spiro atoms. The van der Waals surface area contributed by atoms with Crippen LogP contribution in [0.5, 0.6) is 0 Å². The summed E-state index contributed by atoms with van der Waals surface area (Å²) in [5.74, 6) is 1.52. The summed E-state index contributed by atoms with van der Waals surface area (Å²) < 4.78 is 4.90. The fraction of sp³-hybridized carbons (Fsp3) is 0.882. The Labute approximate surface area is 136 Å². The van der Waals surface area contributed by atoms with Gasteiger partial charge in [0.15, 0.2) is 5.96 Å². The maximum Gasteiger partial charge on any atom is 0.305 e. The summed E-state index contributed by atoms with van der Waals surface area (Å²) in [5, 5.41) is 6.72. The fourth-order valence-corrected chi connectivity index (χ4v) is 2.23. The predicted octanol–water partition coefficient (Wildman–Crippen LogP) is 3.10. The van der Waals surface area contributed by atoms with Gasteiger partial charge in [-0.15, -0.1) is 0 Å². The highest BCUT2D eigenvalue weighted by atomic mass is 16.5. The standard InChI is InChI=1S/C17H35N3O2/c1-5-15(6-2)14-20-17(18-4)19-13-11-9-8-10-12-16(21)22-7-3/h15H,5-14H2,1-4H3,(H2,18,19,20). The lowest BCUT2D eigenvalue weighted by Crippen LogP contribution is -2.40. The number of unbranched alkanes of at least 4 members (excludes halogenated alkanes) is 3. The van der Waals surface area contributed by atoms with E-state index in [4.69, 9.17) is 4.74 Å². The van der Waals surface area contributed by atoms with Gasteiger partial charge in [-0.25, -0.2) is 0 Å². The number of rotatable bonds is 12. The lowest BCUT2D eigenvalue weighted by atomic mass is 10.0. The number of esters is 1. The van der Waals surface area contributed by atoms with E-state index in [1.165, 1.54) is 12.8 Å². The number of aliphatic imine (C=N–C) groups is 1. The highest BCUT2D eigenvalue weighted by Gasteiger charge is 2.04. The van der Waals surface area contributed by atoms with E-state index >= 15 is 0 Å². The third-order valence-electron chi connectivity index (χ3n) is 3.84. The van der Waals surface area contributed by atoms with Crippen LogP contribution in [-0.4, -0.2) is 38.7 Å². The number of hydrogen-bond donors (Lipinski definition) is 2. The van der Waals surface area contributed by atoms with Gasteiger partial charge in [0, 0.05) is 26.6 Å². The number of guanidine groups is 1. The first-order valence-corrected chi connectivity index (χ1v) is 8.77. The number of carbonyl (C=O) groups is 1. The van der Waals surface area contributed by atoms with Gasteiger partial charge in [-0.1, -0.05) is 39.5 Å². The van der Waals surface area contributed by atoms with Crippen molar-refractivity contribution in [1.82, 2.24) is 10.6 Å². The topological polar surface area (TPSA) is 62.7 Å². The van der Waals surface area contributed by atoms with Crippen LogP contribution in [-0.2, 0) is 9.53 Å². The third-order valence-corrected chi connectivity index (χ3v) is 3.84. The van der Waals surface area contributed by atoms with Crippen LogP contribution >= 0.6 is 0 Å². The van der Waals surface area contributed by atoms with E-state index < -0.39 is 0 Å².